The predicted molar refractivity (Wildman–Crippen MR) is 451 cm³/mol. The number of methoxy groups -OCH3 is 5. The van der Waals surface area contributed by atoms with Crippen molar-refractivity contribution in [2.45, 2.75) is 68.9 Å². The SMILES string of the molecule is COc1ccc(C2NCCc3c2[nH]c2ccc(OC)cc32)cc1.COc1ccc2[nH]c3c(c2c1)CCNC3c1ccccc1.COc1ccc2[nH]c3c(c2c1)CCNC3c1cccnc1.COc1ccc2c3c([nH]c2c1)C(c1ccccc1)NCC3.c1ccc(COc2ccc3[nH]c4c(c3c2)CCNC4c2cccnc2)cc1. The van der Waals surface area contributed by atoms with Crippen LogP contribution in [0.15, 0.2) is 255 Å². The lowest BCUT2D eigenvalue weighted by Gasteiger charge is -2.25. The Hall–Kier alpha value is -12.4. The van der Waals surface area contributed by atoms with Crippen LogP contribution in [0.2, 0.25) is 0 Å². The molecule has 16 aromatic rings. The summed E-state index contributed by atoms with van der Waals surface area (Å²) in [6.07, 6.45) is 12.7. The van der Waals surface area contributed by atoms with Gasteiger partial charge in [-0.05, 0) is 202 Å². The molecule has 9 aromatic carbocycles. The molecule has 570 valence electrons. The second kappa shape index (κ2) is 33.7. The highest BCUT2D eigenvalue weighted by Crippen LogP contribution is 2.41. The lowest BCUT2D eigenvalue weighted by atomic mass is 9.94. The largest absolute Gasteiger partial charge is 0.497 e. The van der Waals surface area contributed by atoms with E-state index in [9.17, 15) is 0 Å². The van der Waals surface area contributed by atoms with Crippen LogP contribution in [-0.4, -0.2) is 103 Å². The quantitative estimate of drug-likeness (QED) is 0.0520. The highest BCUT2D eigenvalue weighted by atomic mass is 16.5. The molecule has 0 fully saturated rings. The van der Waals surface area contributed by atoms with Crippen LogP contribution in [0.4, 0.5) is 0 Å². The van der Waals surface area contributed by atoms with Crippen molar-refractivity contribution in [2.75, 3.05) is 68.3 Å². The van der Waals surface area contributed by atoms with Crippen molar-refractivity contribution in [3.8, 4) is 34.5 Å². The molecule has 0 saturated heterocycles. The monoisotopic (exact) mass is 1500 g/mol. The van der Waals surface area contributed by atoms with Gasteiger partial charge in [0.2, 0.25) is 0 Å². The predicted octanol–water partition coefficient (Wildman–Crippen LogP) is 17.4. The number of benzene rings is 9. The first-order valence-corrected chi connectivity index (χ1v) is 39.0. The Labute approximate surface area is 657 Å². The number of rotatable bonds is 13. The summed E-state index contributed by atoms with van der Waals surface area (Å²) in [7, 11) is 8.53. The normalized spacial score (nSPS) is 17.2. The first-order valence-electron chi connectivity index (χ1n) is 39.0. The third kappa shape index (κ3) is 15.5. The maximum atomic E-state index is 6.03. The van der Waals surface area contributed by atoms with Gasteiger partial charge in [-0.25, -0.2) is 0 Å². The second-order valence-corrected chi connectivity index (χ2v) is 29.1. The fraction of sp³-hybridized carbons (Fsp3) is 0.221. The maximum Gasteiger partial charge on any atom is 0.120 e. The molecule has 5 unspecified atom stereocenters. The van der Waals surface area contributed by atoms with Gasteiger partial charge in [0.05, 0.1) is 65.8 Å². The topological polar surface area (TPSA) is 220 Å². The summed E-state index contributed by atoms with van der Waals surface area (Å²) in [5.41, 5.74) is 26.5. The molecule has 18 nitrogen and oxygen atoms in total. The van der Waals surface area contributed by atoms with Gasteiger partial charge >= 0.3 is 0 Å². The van der Waals surface area contributed by atoms with E-state index in [-0.39, 0.29) is 30.2 Å². The van der Waals surface area contributed by atoms with Crippen LogP contribution in [0.3, 0.4) is 0 Å². The van der Waals surface area contributed by atoms with Crippen LogP contribution < -0.4 is 55.0 Å². The van der Waals surface area contributed by atoms with E-state index < -0.39 is 0 Å². The standard InChI is InChI=1S/C23H21N3O.C19H20N2O2.2C18H18N2O.C17H17N3O/c1-2-5-16(6-3-1)15-27-18-8-9-21-20(13-18)19-10-12-25-22(23(19)26-21)17-7-4-11-24-14-17;1-22-13-5-3-12(4-6-13)18-19-15(9-10-20-18)16-11-14(23-2)7-8-17(16)21-19;1-21-13-7-8-16-15(11-13)14-9-10-19-17(18(14)20-16)12-5-3-2-4-6-12;1-21-13-7-8-14-15-9-10-19-17(12-5-3-2-4-6-12)18(15)20-16(14)11-13;1-21-12-4-5-15-14(9-12)13-6-8-19-16(17(13)20-15)11-3-2-7-18-10-11/h1-9,11,13-14,22,25-26H,10,12,15H2;3-8,11,18,20-21H,9-10H2,1-2H3;2*2-8,11,17,19-20H,9-10H2,1H3;2-5,7,9-10,16,19-20H,6,8H2,1H3. The van der Waals surface area contributed by atoms with E-state index in [1.807, 2.05) is 97.6 Å². The lowest BCUT2D eigenvalue weighted by Crippen LogP contribution is -2.30. The summed E-state index contributed by atoms with van der Waals surface area (Å²) in [6.45, 7) is 5.47. The molecule has 113 heavy (non-hydrogen) atoms. The lowest BCUT2D eigenvalue weighted by molar-refractivity contribution is 0.306. The summed E-state index contributed by atoms with van der Waals surface area (Å²) < 4.78 is 32.7. The fourth-order valence-electron chi connectivity index (χ4n) is 17.0. The molecule has 0 bridgehead atoms. The number of hydrogen-bond donors (Lipinski definition) is 10. The van der Waals surface area contributed by atoms with E-state index in [4.69, 9.17) is 28.4 Å². The van der Waals surface area contributed by atoms with Crippen molar-refractivity contribution in [2.24, 2.45) is 0 Å². The molecule has 0 saturated carbocycles. The number of aromatic amines is 5. The van der Waals surface area contributed by atoms with E-state index in [1.165, 1.54) is 128 Å². The minimum atomic E-state index is 0.156. The summed E-state index contributed by atoms with van der Waals surface area (Å²) in [4.78, 5) is 26.5. The highest BCUT2D eigenvalue weighted by Gasteiger charge is 2.31. The maximum absolute atomic E-state index is 6.03. The smallest absolute Gasteiger partial charge is 0.120 e. The van der Waals surface area contributed by atoms with Crippen molar-refractivity contribution in [1.82, 2.24) is 61.5 Å². The van der Waals surface area contributed by atoms with Gasteiger partial charge in [0.15, 0.2) is 0 Å². The Morgan fingerprint density at radius 1 is 0.274 bits per heavy atom. The van der Waals surface area contributed by atoms with Crippen molar-refractivity contribution in [3.63, 3.8) is 0 Å². The minimum absolute atomic E-state index is 0.156. The highest BCUT2D eigenvalue weighted by molar-refractivity contribution is 5.90. The molecule has 5 aliphatic heterocycles. The molecule has 5 aliphatic rings. The van der Waals surface area contributed by atoms with E-state index >= 15 is 0 Å². The molecule has 5 atom stereocenters. The zero-order valence-electron chi connectivity index (χ0n) is 64.3. The minimum Gasteiger partial charge on any atom is -0.497 e. The van der Waals surface area contributed by atoms with E-state index in [1.54, 1.807) is 35.5 Å². The Bertz CT molecular complexity index is 5710. The van der Waals surface area contributed by atoms with Crippen LogP contribution in [0.1, 0.15) is 120 Å². The zero-order chi connectivity index (χ0) is 76.6. The molecular weight excluding hydrogens is 1410 g/mol. The second-order valence-electron chi connectivity index (χ2n) is 29.1. The number of ether oxygens (including phenoxy) is 6. The summed E-state index contributed by atoms with van der Waals surface area (Å²) in [5.74, 6) is 5.40. The number of nitrogens with one attached hydrogen (secondary N) is 10. The molecule has 18 heteroatoms. The molecule has 0 spiro atoms. The fourth-order valence-corrected chi connectivity index (χ4v) is 17.0. The van der Waals surface area contributed by atoms with Crippen molar-refractivity contribution >= 4 is 54.5 Å². The first-order chi connectivity index (χ1) is 55.8. The molecule has 10 N–H and O–H groups in total. The van der Waals surface area contributed by atoms with Crippen molar-refractivity contribution < 1.29 is 28.4 Å². The van der Waals surface area contributed by atoms with Crippen LogP contribution in [-0.2, 0) is 38.7 Å². The number of aromatic nitrogens is 7. The van der Waals surface area contributed by atoms with Gasteiger partial charge in [0.1, 0.15) is 41.1 Å². The molecule has 0 amide bonds. The van der Waals surface area contributed by atoms with Gasteiger partial charge in [-0.3, -0.25) is 9.97 Å². The van der Waals surface area contributed by atoms with Crippen LogP contribution in [0, 0.1) is 0 Å². The molecular formula is C95H94N12O6. The molecule has 21 rings (SSSR count). The third-order valence-electron chi connectivity index (χ3n) is 22.6. The van der Waals surface area contributed by atoms with Crippen LogP contribution in [0.5, 0.6) is 34.5 Å². The molecule has 12 heterocycles. The third-order valence-corrected chi connectivity index (χ3v) is 22.6. The van der Waals surface area contributed by atoms with Crippen molar-refractivity contribution in [3.05, 3.63) is 345 Å². The Kier molecular flexibility index (Phi) is 21.9. The van der Waals surface area contributed by atoms with Crippen LogP contribution >= 0.6 is 0 Å². The van der Waals surface area contributed by atoms with Crippen molar-refractivity contribution in [1.29, 1.82) is 0 Å². The Balaban J connectivity index is 0.000000103. The van der Waals surface area contributed by atoms with E-state index in [0.29, 0.717) is 6.61 Å². The molecule has 7 aromatic heterocycles. The number of pyridine rings is 2. The van der Waals surface area contributed by atoms with Crippen LogP contribution in [0.25, 0.3) is 54.5 Å². The summed E-state index contributed by atoms with van der Waals surface area (Å²) >= 11 is 0. The average Bonchev–Trinajstić information content (AvgIpc) is 1.50. The Morgan fingerprint density at radius 2 is 0.575 bits per heavy atom. The number of nitrogens with zero attached hydrogens (tertiary/aromatic N) is 2. The summed E-state index contributed by atoms with van der Waals surface area (Å²) in [6, 6.07) is 80.3. The first kappa shape index (κ1) is 73.4. The van der Waals surface area contributed by atoms with Gasteiger partial charge < -0.3 is 79.9 Å². The number of hydrogen-bond acceptors (Lipinski definition) is 13. The molecule has 0 radical (unpaired) electrons. The Morgan fingerprint density at radius 3 is 0.947 bits per heavy atom. The van der Waals surface area contributed by atoms with E-state index in [0.717, 1.165) is 116 Å². The zero-order valence-corrected chi connectivity index (χ0v) is 64.3. The van der Waals surface area contributed by atoms with Gasteiger partial charge in [-0.1, -0.05) is 115 Å². The van der Waals surface area contributed by atoms with Gasteiger partial charge in [-0.15, -0.1) is 0 Å². The van der Waals surface area contributed by atoms with Gasteiger partial charge in [0, 0.05) is 147 Å². The van der Waals surface area contributed by atoms with Gasteiger partial charge in [-0.2, -0.15) is 0 Å². The summed E-state index contributed by atoms with van der Waals surface area (Å²) in [5, 5.41) is 24.4. The number of fused-ring (bicyclic) bond motifs is 15. The van der Waals surface area contributed by atoms with E-state index in [2.05, 4.69) is 219 Å². The number of H-pyrrole nitrogens is 5. The average molecular weight is 1500 g/mol. The molecule has 0 aliphatic carbocycles. The van der Waals surface area contributed by atoms with Gasteiger partial charge in [0.25, 0.3) is 0 Å².